The van der Waals surface area contributed by atoms with Crippen LogP contribution in [0.2, 0.25) is 0 Å². The van der Waals surface area contributed by atoms with Crippen molar-refractivity contribution in [1.29, 1.82) is 5.26 Å². The minimum absolute atomic E-state index is 0.0128. The van der Waals surface area contributed by atoms with Crippen LogP contribution in [-0.4, -0.2) is 86.4 Å². The number of piperidine rings is 2. The van der Waals surface area contributed by atoms with Crippen LogP contribution in [0.5, 0.6) is 0 Å². The number of carbonyl (C=O) groups excluding carboxylic acids is 3. The van der Waals surface area contributed by atoms with Crippen molar-refractivity contribution in [2.45, 2.75) is 206 Å². The van der Waals surface area contributed by atoms with Crippen LogP contribution < -0.4 is 16.8 Å². The zero-order valence-corrected chi connectivity index (χ0v) is 42.9. The monoisotopic (exact) mass is 932 g/mol. The van der Waals surface area contributed by atoms with E-state index in [4.69, 9.17) is 47.2 Å². The van der Waals surface area contributed by atoms with Gasteiger partial charge in [-0.3, -0.25) is 29.8 Å². The van der Waals surface area contributed by atoms with Gasteiger partial charge in [0.05, 0.1) is 18.9 Å². The van der Waals surface area contributed by atoms with E-state index in [1.165, 1.54) is 0 Å². The second kappa shape index (κ2) is 23.1. The largest absolute Gasteiger partial charge is 0.462 e. The molecule has 2 fully saturated rings. The molecule has 0 bridgehead atoms. The summed E-state index contributed by atoms with van der Waals surface area (Å²) < 4.78 is 16.6. The van der Waals surface area contributed by atoms with Gasteiger partial charge in [0.2, 0.25) is 0 Å². The Labute approximate surface area is 401 Å². The standard InChI is InChI=1S/C28H44N4O5.C24H37N3O3/c1-25(2,3)36-24(34)31-21-16-26(4,5)32(27(6,7)17-21)37-22(20-12-10-9-11-13-20)18-35-23(33)14-15-28(8,30)19-29;1-18-15-22(2,3)27(23(4,5)16-18)30-20(19-11-9-8-10-12-19)17-29-21(28)13-14-24(6,25)26-7/h9-13,21-22H,14-18,30H2,1-8H3,(H,31,34);8-12,18,20H,13-17,25H2,1-6H3. The molecule has 2 saturated heterocycles. The highest BCUT2D eigenvalue weighted by molar-refractivity contribution is 5.70. The fourth-order valence-electron chi connectivity index (χ4n) is 9.45. The van der Waals surface area contributed by atoms with Crippen LogP contribution in [0.1, 0.15) is 172 Å². The summed E-state index contributed by atoms with van der Waals surface area (Å²) in [5.74, 6) is -0.197. The van der Waals surface area contributed by atoms with Crippen LogP contribution in [-0.2, 0) is 33.5 Å². The van der Waals surface area contributed by atoms with Gasteiger partial charge in [0, 0.05) is 41.5 Å². The van der Waals surface area contributed by atoms with E-state index in [0.29, 0.717) is 18.8 Å². The van der Waals surface area contributed by atoms with E-state index in [1.807, 2.05) is 92.6 Å². The lowest BCUT2D eigenvalue weighted by Gasteiger charge is -2.54. The molecule has 67 heavy (non-hydrogen) atoms. The van der Waals surface area contributed by atoms with Crippen LogP contribution in [0.25, 0.3) is 4.85 Å². The molecule has 2 aromatic carbocycles. The highest BCUT2D eigenvalue weighted by Gasteiger charge is 2.49. The van der Waals surface area contributed by atoms with Crippen molar-refractivity contribution in [2.24, 2.45) is 17.4 Å². The van der Waals surface area contributed by atoms with Gasteiger partial charge in [-0.2, -0.15) is 15.4 Å². The van der Waals surface area contributed by atoms with Gasteiger partial charge in [-0.25, -0.2) is 11.4 Å². The zero-order chi connectivity index (χ0) is 50.6. The lowest BCUT2D eigenvalue weighted by molar-refractivity contribution is -0.316. The molecule has 4 rings (SSSR count). The Kier molecular flexibility index (Phi) is 19.6. The van der Waals surface area contributed by atoms with Crippen molar-refractivity contribution < 1.29 is 38.3 Å². The first-order chi connectivity index (χ1) is 30.8. The van der Waals surface area contributed by atoms with E-state index < -0.39 is 52.2 Å². The first kappa shape index (κ1) is 56.7. The number of benzene rings is 2. The molecule has 15 heteroatoms. The maximum atomic E-state index is 12.4. The molecule has 4 unspecified atom stereocenters. The van der Waals surface area contributed by atoms with Gasteiger partial charge in [0.15, 0.2) is 0 Å². The Morgan fingerprint density at radius 3 is 1.49 bits per heavy atom. The van der Waals surface area contributed by atoms with E-state index in [2.05, 4.69) is 77.5 Å². The number of amides is 1. The Morgan fingerprint density at radius 2 is 1.12 bits per heavy atom. The summed E-state index contributed by atoms with van der Waals surface area (Å²) >= 11 is 0. The van der Waals surface area contributed by atoms with Crippen molar-refractivity contribution in [1.82, 2.24) is 15.4 Å². The average Bonchev–Trinajstić information content (AvgIpc) is 3.20. The first-order valence-corrected chi connectivity index (χ1v) is 23.5. The number of nitrogens with one attached hydrogen (secondary N) is 1. The van der Waals surface area contributed by atoms with E-state index in [1.54, 1.807) is 13.8 Å². The number of hydrogen-bond acceptors (Lipinski definition) is 13. The van der Waals surface area contributed by atoms with Crippen molar-refractivity contribution in [3.8, 4) is 6.07 Å². The van der Waals surface area contributed by atoms with Gasteiger partial charge in [-0.15, -0.1) is 0 Å². The number of carbonyl (C=O) groups is 3. The number of hydrogen-bond donors (Lipinski definition) is 3. The molecule has 2 aromatic rings. The summed E-state index contributed by atoms with van der Waals surface area (Å²) in [6.45, 7) is 35.3. The number of nitrogens with two attached hydrogens (primary N) is 2. The van der Waals surface area contributed by atoms with Gasteiger partial charge in [-0.1, -0.05) is 67.6 Å². The second-order valence-corrected chi connectivity index (χ2v) is 22.5. The third kappa shape index (κ3) is 18.4. The molecule has 0 radical (unpaired) electrons. The molecule has 5 N–H and O–H groups in total. The normalized spacial score (nSPS) is 21.0. The fourth-order valence-corrected chi connectivity index (χ4v) is 9.45. The summed E-state index contributed by atoms with van der Waals surface area (Å²) in [5, 5.41) is 16.2. The van der Waals surface area contributed by atoms with Crippen LogP contribution >= 0.6 is 0 Å². The molecular formula is C52H81N7O8. The molecular weight excluding hydrogens is 851 g/mol. The lowest BCUT2D eigenvalue weighted by atomic mass is 9.76. The van der Waals surface area contributed by atoms with Crippen molar-refractivity contribution >= 4 is 18.0 Å². The number of hydroxylamine groups is 4. The summed E-state index contributed by atoms with van der Waals surface area (Å²) in [5.41, 5.74) is 9.58. The number of ether oxygens (including phenoxy) is 3. The van der Waals surface area contributed by atoms with Crippen LogP contribution in [0, 0.1) is 23.8 Å². The molecule has 1 amide bonds. The maximum absolute atomic E-state index is 12.4. The molecule has 2 aliphatic heterocycles. The topological polar surface area (TPSA) is 196 Å². The minimum Gasteiger partial charge on any atom is -0.462 e. The third-order valence-corrected chi connectivity index (χ3v) is 11.9. The summed E-state index contributed by atoms with van der Waals surface area (Å²) in [6.07, 6.45) is 2.57. The van der Waals surface area contributed by atoms with Crippen molar-refractivity contribution in [2.75, 3.05) is 13.2 Å². The Hall–Kier alpha value is -4.61. The SMILES string of the molecule is CC(N)(C#N)CCC(=O)OCC(ON1C(C)(C)CC(NC(=O)OC(C)(C)C)CC1(C)C)c1ccccc1.[C-]#[N+]C(C)(N)CCC(=O)OCC(ON1C(C)(C)CC(C)CC1(C)C)c1ccccc1. The molecule has 15 nitrogen and oxygen atoms in total. The van der Waals surface area contributed by atoms with Crippen LogP contribution in [0.15, 0.2) is 60.7 Å². The van der Waals surface area contributed by atoms with E-state index in [9.17, 15) is 14.4 Å². The quantitative estimate of drug-likeness (QED) is 0.0771. The van der Waals surface area contributed by atoms with Gasteiger partial charge in [-0.05, 0) is 132 Å². The van der Waals surface area contributed by atoms with Crippen LogP contribution in [0.3, 0.4) is 0 Å². The molecule has 0 saturated carbocycles. The van der Waals surface area contributed by atoms with E-state index in [0.717, 1.165) is 24.0 Å². The minimum atomic E-state index is -1.08. The maximum Gasteiger partial charge on any atom is 0.407 e. The molecule has 0 aliphatic carbocycles. The number of alkyl carbamates (subject to hydrolysis) is 1. The Balaban J connectivity index is 0.000000363. The summed E-state index contributed by atoms with van der Waals surface area (Å²) in [7, 11) is 0. The number of nitriles is 1. The highest BCUT2D eigenvalue weighted by Crippen LogP contribution is 2.44. The first-order valence-electron chi connectivity index (χ1n) is 23.5. The zero-order valence-electron chi connectivity index (χ0n) is 42.9. The van der Waals surface area contributed by atoms with Crippen molar-refractivity contribution in [3.63, 3.8) is 0 Å². The summed E-state index contributed by atoms with van der Waals surface area (Å²) in [4.78, 5) is 53.6. The molecule has 0 aromatic heterocycles. The van der Waals surface area contributed by atoms with Gasteiger partial charge in [0.25, 0.3) is 5.66 Å². The number of esters is 2. The molecule has 2 aliphatic rings. The number of rotatable bonds is 17. The van der Waals surface area contributed by atoms with Gasteiger partial charge < -0.3 is 25.3 Å². The molecule has 372 valence electrons. The third-order valence-electron chi connectivity index (χ3n) is 11.9. The van der Waals surface area contributed by atoms with E-state index in [-0.39, 0.29) is 62.0 Å². The lowest BCUT2D eigenvalue weighted by Crippen LogP contribution is -2.64. The van der Waals surface area contributed by atoms with Gasteiger partial charge in [0.1, 0.15) is 36.6 Å². The highest BCUT2D eigenvalue weighted by atomic mass is 16.7. The Bertz CT molecular complexity index is 1960. The molecule has 4 atom stereocenters. The molecule has 0 spiro atoms. The van der Waals surface area contributed by atoms with Crippen molar-refractivity contribution in [3.05, 3.63) is 83.2 Å². The van der Waals surface area contributed by atoms with Gasteiger partial charge >= 0.3 is 18.0 Å². The summed E-state index contributed by atoms with van der Waals surface area (Å²) in [6, 6.07) is 21.3. The molecule has 2 heterocycles. The Morgan fingerprint density at radius 1 is 0.731 bits per heavy atom. The number of nitrogens with zero attached hydrogens (tertiary/aromatic N) is 4. The smallest absolute Gasteiger partial charge is 0.407 e. The second-order valence-electron chi connectivity index (χ2n) is 22.5. The van der Waals surface area contributed by atoms with E-state index >= 15 is 0 Å². The average molecular weight is 932 g/mol. The fraction of sp³-hybridized carbons (Fsp3) is 0.673. The predicted molar refractivity (Wildman–Crippen MR) is 259 cm³/mol. The van der Waals surface area contributed by atoms with Crippen LogP contribution in [0.4, 0.5) is 4.79 Å². The predicted octanol–water partition coefficient (Wildman–Crippen LogP) is 9.64.